The minimum absolute atomic E-state index is 0.146. The number of carbonyl (C=O) groups excluding carboxylic acids is 1. The summed E-state index contributed by atoms with van der Waals surface area (Å²) in [6.07, 6.45) is 0.769. The summed E-state index contributed by atoms with van der Waals surface area (Å²) in [6.45, 7) is 2.62. The Labute approximate surface area is 171 Å². The summed E-state index contributed by atoms with van der Waals surface area (Å²) in [6, 6.07) is 23.6. The first-order valence-corrected chi connectivity index (χ1v) is 10.9. The van der Waals surface area contributed by atoms with E-state index in [4.69, 9.17) is 0 Å². The van der Waals surface area contributed by atoms with Gasteiger partial charge < -0.3 is 5.32 Å². The topological polar surface area (TPSA) is 75.3 Å². The van der Waals surface area contributed by atoms with E-state index in [1.54, 1.807) is 48.5 Å². The molecular weight excluding hydrogens is 384 g/mol. The Balaban J connectivity index is 1.51. The Bertz CT molecular complexity index is 1050. The van der Waals surface area contributed by atoms with E-state index in [2.05, 4.69) is 10.0 Å². The number of rotatable bonds is 8. The molecule has 0 aromatic heterocycles. The van der Waals surface area contributed by atoms with Gasteiger partial charge >= 0.3 is 0 Å². The normalized spacial score (nSPS) is 11.2. The molecule has 3 aromatic rings. The molecule has 150 valence electrons. The maximum absolute atomic E-state index is 12.4. The average molecular weight is 409 g/mol. The fourth-order valence-electron chi connectivity index (χ4n) is 2.82. The van der Waals surface area contributed by atoms with Gasteiger partial charge in [0.1, 0.15) is 0 Å². The summed E-state index contributed by atoms with van der Waals surface area (Å²) in [5.41, 5.74) is 3.50. The van der Waals surface area contributed by atoms with Crippen molar-refractivity contribution in [2.24, 2.45) is 0 Å². The van der Waals surface area contributed by atoms with Crippen molar-refractivity contribution in [3.05, 3.63) is 101 Å². The standard InChI is InChI=1S/C23H24N2O3S/c1-18-7-13-22(14-8-18)29(27,28)25-17-20-9-11-21(12-10-20)23(26)24-16-15-19-5-3-2-4-6-19/h2-14,25H,15-17H2,1H3,(H,24,26). The molecule has 2 N–H and O–H groups in total. The molecule has 0 spiro atoms. The molecule has 0 radical (unpaired) electrons. The van der Waals surface area contributed by atoms with Crippen molar-refractivity contribution >= 4 is 15.9 Å². The van der Waals surface area contributed by atoms with Gasteiger partial charge in [0, 0.05) is 18.7 Å². The van der Waals surface area contributed by atoms with E-state index in [1.165, 1.54) is 5.56 Å². The lowest BCUT2D eigenvalue weighted by Crippen LogP contribution is -2.26. The van der Waals surface area contributed by atoms with E-state index in [0.717, 1.165) is 17.5 Å². The van der Waals surface area contributed by atoms with Crippen LogP contribution >= 0.6 is 0 Å². The molecule has 0 aliphatic rings. The zero-order chi connectivity index (χ0) is 20.7. The molecular formula is C23H24N2O3S. The highest BCUT2D eigenvalue weighted by molar-refractivity contribution is 7.89. The lowest BCUT2D eigenvalue weighted by molar-refractivity contribution is 0.0954. The van der Waals surface area contributed by atoms with Gasteiger partial charge in [0.25, 0.3) is 5.91 Å². The van der Waals surface area contributed by atoms with E-state index in [9.17, 15) is 13.2 Å². The number of aryl methyl sites for hydroxylation is 1. The number of nitrogens with one attached hydrogen (secondary N) is 2. The number of benzene rings is 3. The van der Waals surface area contributed by atoms with E-state index in [-0.39, 0.29) is 17.3 Å². The van der Waals surface area contributed by atoms with Gasteiger partial charge in [-0.2, -0.15) is 0 Å². The van der Waals surface area contributed by atoms with E-state index in [1.807, 2.05) is 37.3 Å². The second-order valence-electron chi connectivity index (χ2n) is 6.83. The third-order valence-corrected chi connectivity index (χ3v) is 5.97. The average Bonchev–Trinajstić information content (AvgIpc) is 2.74. The highest BCUT2D eigenvalue weighted by atomic mass is 32.2. The molecule has 0 saturated carbocycles. The van der Waals surface area contributed by atoms with Gasteiger partial charge in [-0.1, -0.05) is 60.2 Å². The highest BCUT2D eigenvalue weighted by Crippen LogP contribution is 2.11. The van der Waals surface area contributed by atoms with Crippen molar-refractivity contribution in [2.45, 2.75) is 24.8 Å². The Morgan fingerprint density at radius 3 is 2.14 bits per heavy atom. The summed E-state index contributed by atoms with van der Waals surface area (Å²) >= 11 is 0. The predicted octanol–water partition coefficient (Wildman–Crippen LogP) is 3.45. The van der Waals surface area contributed by atoms with Crippen LogP contribution in [0.15, 0.2) is 83.8 Å². The van der Waals surface area contributed by atoms with Gasteiger partial charge in [0.05, 0.1) is 4.90 Å². The third-order valence-electron chi connectivity index (χ3n) is 4.56. The quantitative estimate of drug-likeness (QED) is 0.599. The third kappa shape index (κ3) is 6.01. The van der Waals surface area contributed by atoms with Crippen LogP contribution < -0.4 is 10.0 Å². The Morgan fingerprint density at radius 1 is 0.828 bits per heavy atom. The lowest BCUT2D eigenvalue weighted by atomic mass is 10.1. The first-order valence-electron chi connectivity index (χ1n) is 9.41. The van der Waals surface area contributed by atoms with Crippen LogP contribution in [-0.2, 0) is 23.0 Å². The summed E-state index contributed by atoms with van der Waals surface area (Å²) in [5.74, 6) is -0.146. The number of hydrogen-bond acceptors (Lipinski definition) is 3. The van der Waals surface area contributed by atoms with Crippen LogP contribution in [0.3, 0.4) is 0 Å². The van der Waals surface area contributed by atoms with Crippen molar-refractivity contribution in [1.29, 1.82) is 0 Å². The van der Waals surface area contributed by atoms with Crippen molar-refractivity contribution in [3.8, 4) is 0 Å². The van der Waals surface area contributed by atoms with Gasteiger partial charge in [0.15, 0.2) is 0 Å². The van der Waals surface area contributed by atoms with Gasteiger partial charge in [-0.15, -0.1) is 0 Å². The fourth-order valence-corrected chi connectivity index (χ4v) is 3.84. The Hall–Kier alpha value is -2.96. The van der Waals surface area contributed by atoms with E-state index < -0.39 is 10.0 Å². The number of hydrogen-bond donors (Lipinski definition) is 2. The summed E-state index contributed by atoms with van der Waals surface area (Å²) in [5, 5.41) is 2.90. The molecule has 0 aliphatic heterocycles. The molecule has 6 heteroatoms. The molecule has 0 bridgehead atoms. The molecule has 0 heterocycles. The van der Waals surface area contributed by atoms with Crippen molar-refractivity contribution in [3.63, 3.8) is 0 Å². The first kappa shape index (κ1) is 20.8. The van der Waals surface area contributed by atoms with Crippen LogP contribution in [0.1, 0.15) is 27.0 Å². The van der Waals surface area contributed by atoms with E-state index in [0.29, 0.717) is 12.1 Å². The molecule has 3 rings (SSSR count). The largest absolute Gasteiger partial charge is 0.352 e. The fraction of sp³-hybridized carbons (Fsp3) is 0.174. The number of amides is 1. The van der Waals surface area contributed by atoms with Crippen molar-refractivity contribution < 1.29 is 13.2 Å². The predicted molar refractivity (Wildman–Crippen MR) is 114 cm³/mol. The van der Waals surface area contributed by atoms with Crippen LogP contribution in [0.5, 0.6) is 0 Å². The van der Waals surface area contributed by atoms with Crippen molar-refractivity contribution in [1.82, 2.24) is 10.0 Å². The van der Waals surface area contributed by atoms with Crippen LogP contribution in [-0.4, -0.2) is 20.9 Å². The monoisotopic (exact) mass is 408 g/mol. The van der Waals surface area contributed by atoms with Gasteiger partial charge in [0.2, 0.25) is 10.0 Å². The molecule has 5 nitrogen and oxygen atoms in total. The molecule has 3 aromatic carbocycles. The maximum atomic E-state index is 12.4. The summed E-state index contributed by atoms with van der Waals surface area (Å²) in [4.78, 5) is 12.5. The lowest BCUT2D eigenvalue weighted by Gasteiger charge is -2.09. The SMILES string of the molecule is Cc1ccc(S(=O)(=O)NCc2ccc(C(=O)NCCc3ccccc3)cc2)cc1. The molecule has 29 heavy (non-hydrogen) atoms. The summed E-state index contributed by atoms with van der Waals surface area (Å²) in [7, 11) is -3.57. The minimum Gasteiger partial charge on any atom is -0.352 e. The molecule has 0 saturated heterocycles. The number of sulfonamides is 1. The van der Waals surface area contributed by atoms with Crippen LogP contribution in [0.4, 0.5) is 0 Å². The molecule has 1 amide bonds. The zero-order valence-electron chi connectivity index (χ0n) is 16.3. The van der Waals surface area contributed by atoms with Gasteiger partial charge in [-0.3, -0.25) is 4.79 Å². The zero-order valence-corrected chi connectivity index (χ0v) is 17.1. The summed E-state index contributed by atoms with van der Waals surface area (Å²) < 4.78 is 27.3. The van der Waals surface area contributed by atoms with E-state index >= 15 is 0 Å². The minimum atomic E-state index is -3.57. The highest BCUT2D eigenvalue weighted by Gasteiger charge is 2.13. The van der Waals surface area contributed by atoms with Crippen LogP contribution in [0.25, 0.3) is 0 Å². The maximum Gasteiger partial charge on any atom is 0.251 e. The van der Waals surface area contributed by atoms with Crippen LogP contribution in [0.2, 0.25) is 0 Å². The first-order chi connectivity index (χ1) is 13.9. The molecule has 0 fully saturated rings. The molecule has 0 unspecified atom stereocenters. The molecule has 0 aliphatic carbocycles. The Kier molecular flexibility index (Phi) is 6.80. The van der Waals surface area contributed by atoms with Gasteiger partial charge in [-0.25, -0.2) is 13.1 Å². The second kappa shape index (κ2) is 9.49. The molecule has 0 atom stereocenters. The smallest absolute Gasteiger partial charge is 0.251 e. The van der Waals surface area contributed by atoms with Crippen LogP contribution in [0, 0.1) is 6.92 Å². The second-order valence-corrected chi connectivity index (χ2v) is 8.59. The Morgan fingerprint density at radius 2 is 1.48 bits per heavy atom. The van der Waals surface area contributed by atoms with Gasteiger partial charge in [-0.05, 0) is 48.7 Å². The number of carbonyl (C=O) groups is 1. The van der Waals surface area contributed by atoms with Crippen molar-refractivity contribution in [2.75, 3.05) is 6.54 Å².